The molecule has 1 aliphatic heterocycles. The molecule has 0 N–H and O–H groups in total. The molecule has 0 radical (unpaired) electrons. The van der Waals surface area contributed by atoms with Crippen molar-refractivity contribution < 1.29 is 9.72 Å². The summed E-state index contributed by atoms with van der Waals surface area (Å²) in [5, 5.41) is 11.5. The van der Waals surface area contributed by atoms with E-state index in [0.717, 1.165) is 19.5 Å². The smallest absolute Gasteiger partial charge is 0.273 e. The first-order valence-corrected chi connectivity index (χ1v) is 9.08. The number of hydrogen-bond donors (Lipinski definition) is 0. The number of likely N-dealkylation sites (tertiary alicyclic amines) is 1. The number of halogens is 1. The zero-order valence-corrected chi connectivity index (χ0v) is 15.6. The van der Waals surface area contributed by atoms with E-state index in [1.165, 1.54) is 9.65 Å². The van der Waals surface area contributed by atoms with Crippen molar-refractivity contribution in [1.29, 1.82) is 0 Å². The van der Waals surface area contributed by atoms with Crippen LogP contribution in [-0.4, -0.2) is 34.7 Å². The highest BCUT2D eigenvalue weighted by molar-refractivity contribution is 14.1. The topological polar surface area (TPSA) is 63.4 Å². The summed E-state index contributed by atoms with van der Waals surface area (Å²) in [4.78, 5) is 26.4. The van der Waals surface area contributed by atoms with Crippen molar-refractivity contribution in [2.75, 3.05) is 13.1 Å². The Morgan fingerprint density at radius 2 is 2.25 bits per heavy atom. The molecule has 0 amide bonds. The highest BCUT2D eigenvalue weighted by atomic mass is 127. The third-order valence-electron chi connectivity index (χ3n) is 5.12. The third kappa shape index (κ3) is 2.71. The van der Waals surface area contributed by atoms with Crippen LogP contribution in [0.15, 0.2) is 46.1 Å². The van der Waals surface area contributed by atoms with Crippen LogP contribution in [-0.2, 0) is 10.2 Å². The number of ketones is 1. The molecule has 1 aliphatic carbocycles. The van der Waals surface area contributed by atoms with Crippen molar-refractivity contribution >= 4 is 34.1 Å². The molecule has 1 heterocycles. The number of nitro groups is 1. The predicted molar refractivity (Wildman–Crippen MR) is 101 cm³/mol. The van der Waals surface area contributed by atoms with Gasteiger partial charge in [0.25, 0.3) is 5.69 Å². The summed E-state index contributed by atoms with van der Waals surface area (Å²) in [7, 11) is 0. The Balaban J connectivity index is 2.11. The summed E-state index contributed by atoms with van der Waals surface area (Å²) < 4.78 is 1.22. The van der Waals surface area contributed by atoms with E-state index in [1.807, 2.05) is 13.0 Å². The SMILES string of the molecule is C/C=C(\I)CN1CC[C@]2(c3ccccc3[N+](=O)[O-])C(=O)C=CC[C@H]12. The van der Waals surface area contributed by atoms with Gasteiger partial charge >= 0.3 is 0 Å². The number of fused-ring (bicyclic) bond motifs is 1. The van der Waals surface area contributed by atoms with Gasteiger partial charge in [0, 0.05) is 34.3 Å². The maximum Gasteiger partial charge on any atom is 0.273 e. The first-order chi connectivity index (χ1) is 11.5. The number of hydrogen-bond acceptors (Lipinski definition) is 4. The molecule has 1 aromatic carbocycles. The van der Waals surface area contributed by atoms with Gasteiger partial charge in [-0.2, -0.15) is 0 Å². The average molecular weight is 438 g/mol. The molecular weight excluding hydrogens is 419 g/mol. The van der Waals surface area contributed by atoms with Crippen LogP contribution < -0.4 is 0 Å². The zero-order chi connectivity index (χ0) is 17.3. The quantitative estimate of drug-likeness (QED) is 0.408. The Morgan fingerprint density at radius 1 is 1.50 bits per heavy atom. The molecule has 126 valence electrons. The lowest BCUT2D eigenvalue weighted by Gasteiger charge is -2.38. The lowest BCUT2D eigenvalue weighted by molar-refractivity contribution is -0.386. The molecule has 3 rings (SSSR count). The van der Waals surface area contributed by atoms with E-state index in [0.29, 0.717) is 12.0 Å². The first kappa shape index (κ1) is 17.3. The van der Waals surface area contributed by atoms with Crippen LogP contribution in [0.2, 0.25) is 0 Å². The Kier molecular flexibility index (Phi) is 4.87. The fourth-order valence-electron chi connectivity index (χ4n) is 3.98. The van der Waals surface area contributed by atoms with Crippen molar-refractivity contribution in [3.8, 4) is 0 Å². The molecule has 2 aliphatic rings. The van der Waals surface area contributed by atoms with Crippen LogP contribution in [0.1, 0.15) is 25.3 Å². The van der Waals surface area contributed by atoms with Crippen LogP contribution in [0.25, 0.3) is 0 Å². The minimum Gasteiger partial charge on any atom is -0.294 e. The van der Waals surface area contributed by atoms with E-state index >= 15 is 0 Å². The fraction of sp³-hybridized carbons (Fsp3) is 0.389. The van der Waals surface area contributed by atoms with E-state index in [9.17, 15) is 14.9 Å². The molecule has 2 atom stereocenters. The minimum atomic E-state index is -0.803. The summed E-state index contributed by atoms with van der Waals surface area (Å²) >= 11 is 2.31. The van der Waals surface area contributed by atoms with Gasteiger partial charge in [0.05, 0.1) is 10.3 Å². The normalized spacial score (nSPS) is 27.3. The van der Waals surface area contributed by atoms with Crippen molar-refractivity contribution in [1.82, 2.24) is 4.90 Å². The summed E-state index contributed by atoms with van der Waals surface area (Å²) in [6.45, 7) is 3.55. The summed E-state index contributed by atoms with van der Waals surface area (Å²) in [5.74, 6) is -0.00830. The Hall–Kier alpha value is -1.54. The Bertz CT molecular complexity index is 744. The van der Waals surface area contributed by atoms with Gasteiger partial charge in [0.2, 0.25) is 0 Å². The van der Waals surface area contributed by atoms with Gasteiger partial charge in [-0.15, -0.1) is 0 Å². The van der Waals surface area contributed by atoms with Crippen molar-refractivity contribution in [3.05, 3.63) is 61.8 Å². The van der Waals surface area contributed by atoms with Gasteiger partial charge in [-0.3, -0.25) is 19.8 Å². The monoisotopic (exact) mass is 438 g/mol. The van der Waals surface area contributed by atoms with Gasteiger partial charge < -0.3 is 0 Å². The van der Waals surface area contributed by atoms with E-state index in [2.05, 4.69) is 33.6 Å². The molecule has 5 nitrogen and oxygen atoms in total. The van der Waals surface area contributed by atoms with Crippen LogP contribution in [0, 0.1) is 10.1 Å². The number of carbonyl (C=O) groups excluding carboxylic acids is 1. The van der Waals surface area contributed by atoms with Crippen LogP contribution in [0.4, 0.5) is 5.69 Å². The van der Waals surface area contributed by atoms with E-state index < -0.39 is 5.41 Å². The molecule has 0 aromatic heterocycles. The second-order valence-electron chi connectivity index (χ2n) is 6.22. The molecule has 0 bridgehead atoms. The number of carbonyl (C=O) groups is 1. The second-order valence-corrected chi connectivity index (χ2v) is 7.61. The fourth-order valence-corrected chi connectivity index (χ4v) is 4.41. The molecule has 0 saturated carbocycles. The largest absolute Gasteiger partial charge is 0.294 e. The molecular formula is C18H19IN2O3. The number of rotatable bonds is 4. The standard InChI is InChI=1S/C18H19IN2O3/c1-2-13(19)12-20-11-10-18(16(20)8-5-9-17(18)22)14-6-3-4-7-15(14)21(23)24/h2-7,9,16H,8,10-12H2,1H3/b13-2-/t16-,18+/m0/s1. The third-order valence-corrected chi connectivity index (χ3v) is 6.08. The maximum absolute atomic E-state index is 12.9. The van der Waals surface area contributed by atoms with Gasteiger partial charge in [-0.25, -0.2) is 0 Å². The number of nitro benzene ring substituents is 1. The van der Waals surface area contributed by atoms with E-state index in [1.54, 1.807) is 24.3 Å². The van der Waals surface area contributed by atoms with Gasteiger partial charge in [0.1, 0.15) is 0 Å². The molecule has 1 aromatic rings. The Labute approximate surface area is 154 Å². The minimum absolute atomic E-state index is 0.00830. The zero-order valence-electron chi connectivity index (χ0n) is 13.4. The lowest BCUT2D eigenvalue weighted by Crippen LogP contribution is -2.49. The number of allylic oxidation sites excluding steroid dienone is 2. The van der Waals surface area contributed by atoms with E-state index in [4.69, 9.17) is 0 Å². The van der Waals surface area contributed by atoms with E-state index in [-0.39, 0.29) is 22.4 Å². The number of benzene rings is 1. The molecule has 0 unspecified atom stereocenters. The van der Waals surface area contributed by atoms with Gasteiger partial charge in [-0.05, 0) is 48.4 Å². The Morgan fingerprint density at radius 3 is 2.96 bits per heavy atom. The summed E-state index contributed by atoms with van der Waals surface area (Å²) in [6.07, 6.45) is 6.94. The molecule has 1 fully saturated rings. The second kappa shape index (κ2) is 6.76. The van der Waals surface area contributed by atoms with Crippen LogP contribution >= 0.6 is 22.6 Å². The predicted octanol–water partition coefficient (Wildman–Crippen LogP) is 3.77. The summed E-state index contributed by atoms with van der Waals surface area (Å²) in [6, 6.07) is 6.68. The highest BCUT2D eigenvalue weighted by Crippen LogP contribution is 2.48. The van der Waals surface area contributed by atoms with Gasteiger partial charge in [0.15, 0.2) is 5.78 Å². The average Bonchev–Trinajstić information content (AvgIpc) is 2.95. The van der Waals surface area contributed by atoms with Crippen molar-refractivity contribution in [3.63, 3.8) is 0 Å². The van der Waals surface area contributed by atoms with Crippen molar-refractivity contribution in [2.45, 2.75) is 31.2 Å². The first-order valence-electron chi connectivity index (χ1n) is 8.00. The lowest BCUT2D eigenvalue weighted by atomic mass is 9.67. The van der Waals surface area contributed by atoms with Crippen LogP contribution in [0.3, 0.4) is 0 Å². The van der Waals surface area contributed by atoms with Crippen LogP contribution in [0.5, 0.6) is 0 Å². The number of nitrogens with zero attached hydrogens (tertiary/aromatic N) is 2. The molecule has 24 heavy (non-hydrogen) atoms. The molecule has 0 spiro atoms. The van der Waals surface area contributed by atoms with Crippen molar-refractivity contribution in [2.24, 2.45) is 0 Å². The molecule has 1 saturated heterocycles. The van der Waals surface area contributed by atoms with Gasteiger partial charge in [-0.1, -0.05) is 30.4 Å². The highest BCUT2D eigenvalue weighted by Gasteiger charge is 2.55. The number of para-hydroxylation sites is 1. The maximum atomic E-state index is 12.9. The summed E-state index contributed by atoms with van der Waals surface area (Å²) in [5.41, 5.74) is -0.190. The molecule has 6 heteroatoms.